The van der Waals surface area contributed by atoms with Gasteiger partial charge in [0.15, 0.2) is 9.84 Å². The van der Waals surface area contributed by atoms with E-state index in [1.54, 1.807) is 12.1 Å². The van der Waals surface area contributed by atoms with Gasteiger partial charge in [0.2, 0.25) is 0 Å². The van der Waals surface area contributed by atoms with Gasteiger partial charge in [0.1, 0.15) is 0 Å². The van der Waals surface area contributed by atoms with Crippen LogP contribution < -0.4 is 5.32 Å². The molecule has 0 spiro atoms. The minimum absolute atomic E-state index is 0.0337. The molecule has 1 aliphatic rings. The van der Waals surface area contributed by atoms with Crippen molar-refractivity contribution in [2.24, 2.45) is 5.92 Å². The van der Waals surface area contributed by atoms with Crippen LogP contribution in [0.2, 0.25) is 5.02 Å². The van der Waals surface area contributed by atoms with E-state index in [1.807, 2.05) is 19.2 Å². The Hall–Kier alpha value is -0.580. The third kappa shape index (κ3) is 3.99. The lowest BCUT2D eigenvalue weighted by molar-refractivity contribution is 0.296. The normalized spacial score (nSPS) is 26.7. The average molecular weight is 330 g/mol. The molecule has 21 heavy (non-hydrogen) atoms. The summed E-state index contributed by atoms with van der Waals surface area (Å²) < 4.78 is 25.7. The van der Waals surface area contributed by atoms with Crippen LogP contribution in [0.1, 0.15) is 38.2 Å². The lowest BCUT2D eigenvalue weighted by Gasteiger charge is -2.35. The fraction of sp³-hybridized carbons (Fsp3) is 0.625. The van der Waals surface area contributed by atoms with Gasteiger partial charge in [0.25, 0.3) is 0 Å². The Morgan fingerprint density at radius 3 is 2.62 bits per heavy atom. The zero-order chi connectivity index (χ0) is 15.5. The van der Waals surface area contributed by atoms with E-state index in [4.69, 9.17) is 11.6 Å². The SMILES string of the molecule is CCC1CCC(NC)C(S(=O)(=O)Cc2ccccc2Cl)C1. The van der Waals surface area contributed by atoms with Crippen LogP contribution in [0.3, 0.4) is 0 Å². The van der Waals surface area contributed by atoms with E-state index in [0.717, 1.165) is 25.7 Å². The number of hydrogen-bond donors (Lipinski definition) is 1. The molecule has 0 heterocycles. The van der Waals surface area contributed by atoms with Crippen LogP contribution in [0.25, 0.3) is 0 Å². The molecule has 0 aromatic heterocycles. The molecule has 3 atom stereocenters. The van der Waals surface area contributed by atoms with E-state index in [2.05, 4.69) is 12.2 Å². The highest BCUT2D eigenvalue weighted by Gasteiger charge is 2.37. The molecule has 5 heteroatoms. The van der Waals surface area contributed by atoms with Gasteiger partial charge in [-0.1, -0.05) is 43.1 Å². The maximum absolute atomic E-state index is 12.8. The van der Waals surface area contributed by atoms with Gasteiger partial charge in [0, 0.05) is 11.1 Å². The van der Waals surface area contributed by atoms with E-state index < -0.39 is 9.84 Å². The zero-order valence-corrected chi connectivity index (χ0v) is 14.3. The van der Waals surface area contributed by atoms with Gasteiger partial charge in [-0.25, -0.2) is 8.42 Å². The Bertz CT molecular complexity index is 573. The number of rotatable bonds is 5. The summed E-state index contributed by atoms with van der Waals surface area (Å²) >= 11 is 6.12. The molecule has 0 radical (unpaired) electrons. The summed E-state index contributed by atoms with van der Waals surface area (Å²) in [6.45, 7) is 2.14. The van der Waals surface area contributed by atoms with Crippen molar-refractivity contribution < 1.29 is 8.42 Å². The van der Waals surface area contributed by atoms with Gasteiger partial charge >= 0.3 is 0 Å². The Morgan fingerprint density at radius 1 is 1.29 bits per heavy atom. The van der Waals surface area contributed by atoms with Crippen molar-refractivity contribution in [1.82, 2.24) is 5.32 Å². The van der Waals surface area contributed by atoms with Crippen molar-refractivity contribution in [2.75, 3.05) is 7.05 Å². The molecule has 0 amide bonds. The van der Waals surface area contributed by atoms with Crippen LogP contribution in [0.4, 0.5) is 0 Å². The minimum Gasteiger partial charge on any atom is -0.316 e. The van der Waals surface area contributed by atoms with Crippen LogP contribution >= 0.6 is 11.6 Å². The summed E-state index contributed by atoms with van der Waals surface area (Å²) in [5.41, 5.74) is 0.702. The molecule has 1 N–H and O–H groups in total. The van der Waals surface area contributed by atoms with Crippen molar-refractivity contribution in [1.29, 1.82) is 0 Å². The lowest BCUT2D eigenvalue weighted by Crippen LogP contribution is -2.47. The molecule has 1 aromatic carbocycles. The quantitative estimate of drug-likeness (QED) is 0.900. The second-order valence-electron chi connectivity index (χ2n) is 5.92. The maximum atomic E-state index is 12.8. The van der Waals surface area contributed by atoms with Gasteiger partial charge in [-0.3, -0.25) is 0 Å². The predicted octanol–water partition coefficient (Wildman–Crippen LogP) is 3.42. The number of sulfone groups is 1. The minimum atomic E-state index is -3.21. The predicted molar refractivity (Wildman–Crippen MR) is 88.3 cm³/mol. The van der Waals surface area contributed by atoms with E-state index in [0.29, 0.717) is 16.5 Å². The van der Waals surface area contributed by atoms with E-state index in [-0.39, 0.29) is 17.0 Å². The Labute approximate surface area is 133 Å². The van der Waals surface area contributed by atoms with Crippen LogP contribution in [0, 0.1) is 5.92 Å². The molecular formula is C16H24ClNO2S. The topological polar surface area (TPSA) is 46.2 Å². The summed E-state index contributed by atoms with van der Waals surface area (Å²) in [5, 5.41) is 3.42. The number of hydrogen-bond acceptors (Lipinski definition) is 3. The molecule has 0 bridgehead atoms. The third-order valence-corrected chi connectivity index (χ3v) is 7.15. The van der Waals surface area contributed by atoms with Gasteiger partial charge in [0.05, 0.1) is 11.0 Å². The molecule has 2 rings (SSSR count). The molecular weight excluding hydrogens is 306 g/mol. The monoisotopic (exact) mass is 329 g/mol. The molecule has 0 saturated heterocycles. The maximum Gasteiger partial charge on any atom is 0.158 e. The first-order chi connectivity index (χ1) is 9.97. The first-order valence-electron chi connectivity index (χ1n) is 7.60. The number of nitrogens with one attached hydrogen (secondary N) is 1. The fourth-order valence-corrected chi connectivity index (χ4v) is 5.77. The molecule has 1 aliphatic carbocycles. The second kappa shape index (κ2) is 7.12. The lowest BCUT2D eigenvalue weighted by atomic mass is 9.84. The van der Waals surface area contributed by atoms with Gasteiger partial charge in [-0.15, -0.1) is 0 Å². The van der Waals surface area contributed by atoms with Gasteiger partial charge in [-0.2, -0.15) is 0 Å². The van der Waals surface area contributed by atoms with Crippen molar-refractivity contribution in [3.05, 3.63) is 34.9 Å². The summed E-state index contributed by atoms with van der Waals surface area (Å²) in [5.74, 6) is 0.548. The third-order valence-electron chi connectivity index (χ3n) is 4.62. The van der Waals surface area contributed by atoms with Crippen LogP contribution in [-0.2, 0) is 15.6 Å². The largest absolute Gasteiger partial charge is 0.316 e. The van der Waals surface area contributed by atoms with Crippen molar-refractivity contribution >= 4 is 21.4 Å². The Morgan fingerprint density at radius 2 is 2.00 bits per heavy atom. The zero-order valence-electron chi connectivity index (χ0n) is 12.7. The first-order valence-corrected chi connectivity index (χ1v) is 9.69. The van der Waals surface area contributed by atoms with Crippen molar-refractivity contribution in [2.45, 2.75) is 49.7 Å². The van der Waals surface area contributed by atoms with Crippen molar-refractivity contribution in [3.63, 3.8) is 0 Å². The Balaban J connectivity index is 2.22. The number of benzene rings is 1. The molecule has 118 valence electrons. The Kier molecular flexibility index (Phi) is 5.69. The average Bonchev–Trinajstić information content (AvgIpc) is 2.48. The van der Waals surface area contributed by atoms with Gasteiger partial charge < -0.3 is 5.32 Å². The summed E-state index contributed by atoms with van der Waals surface area (Å²) in [7, 11) is -1.35. The van der Waals surface area contributed by atoms with Crippen LogP contribution in [0.5, 0.6) is 0 Å². The molecule has 1 fully saturated rings. The highest BCUT2D eigenvalue weighted by Crippen LogP contribution is 2.33. The van der Waals surface area contributed by atoms with Gasteiger partial charge in [-0.05, 0) is 43.9 Å². The smallest absolute Gasteiger partial charge is 0.158 e. The summed E-state index contributed by atoms with van der Waals surface area (Å²) in [6, 6.07) is 7.26. The molecule has 1 saturated carbocycles. The fourth-order valence-electron chi connectivity index (χ4n) is 3.25. The molecule has 0 aliphatic heterocycles. The molecule has 3 unspecified atom stereocenters. The second-order valence-corrected chi connectivity index (χ2v) is 8.55. The van der Waals surface area contributed by atoms with E-state index in [9.17, 15) is 8.42 Å². The van der Waals surface area contributed by atoms with Crippen LogP contribution in [0.15, 0.2) is 24.3 Å². The van der Waals surface area contributed by atoms with E-state index in [1.165, 1.54) is 0 Å². The first kappa shape index (κ1) is 16.8. The number of halogens is 1. The standard InChI is InChI=1S/C16H24ClNO2S/c1-3-12-8-9-15(18-2)16(10-12)21(19,20)11-13-6-4-5-7-14(13)17/h4-7,12,15-16,18H,3,8-11H2,1-2H3. The highest BCUT2D eigenvalue weighted by molar-refractivity contribution is 7.91. The van der Waals surface area contributed by atoms with Crippen LogP contribution in [-0.4, -0.2) is 26.8 Å². The van der Waals surface area contributed by atoms with Crippen molar-refractivity contribution in [3.8, 4) is 0 Å². The highest BCUT2D eigenvalue weighted by atomic mass is 35.5. The summed E-state index contributed by atoms with van der Waals surface area (Å²) in [6.07, 6.45) is 3.85. The van der Waals surface area contributed by atoms with E-state index >= 15 is 0 Å². The molecule has 3 nitrogen and oxygen atoms in total. The summed E-state index contributed by atoms with van der Waals surface area (Å²) in [4.78, 5) is 0. The molecule has 1 aromatic rings.